The maximum atomic E-state index is 2.62. The molecule has 120 valence electrons. The zero-order valence-electron chi connectivity index (χ0n) is 14.9. The maximum absolute atomic E-state index is 2.62. The van der Waals surface area contributed by atoms with Crippen LogP contribution in [0.4, 0.5) is 0 Å². The van der Waals surface area contributed by atoms with Gasteiger partial charge in [0.1, 0.15) is 0 Å². The van der Waals surface area contributed by atoms with Gasteiger partial charge in [0.2, 0.25) is 0 Å². The Morgan fingerprint density at radius 3 is 0.810 bits per heavy atom. The predicted octanol–water partition coefficient (Wildman–Crippen LogP) is 3.23. The van der Waals surface area contributed by atoms with Gasteiger partial charge in [0.15, 0.2) is 0 Å². The Kier molecular flexibility index (Phi) is 4.33. The van der Waals surface area contributed by atoms with Crippen molar-refractivity contribution in [2.75, 3.05) is 0 Å². The Balaban J connectivity index is 2.57. The highest BCUT2D eigenvalue weighted by Crippen LogP contribution is 2.39. The van der Waals surface area contributed by atoms with Crippen LogP contribution in [0.5, 0.6) is 0 Å². The fourth-order valence-electron chi connectivity index (χ4n) is 3.56. The van der Waals surface area contributed by atoms with E-state index in [0.717, 1.165) is 0 Å². The molecule has 0 radical (unpaired) electrons. The van der Waals surface area contributed by atoms with E-state index in [2.05, 4.69) is 98.5 Å². The van der Waals surface area contributed by atoms with Crippen molar-refractivity contribution in [1.82, 2.24) is 18.3 Å². The fourth-order valence-corrected chi connectivity index (χ4v) is 9.00. The van der Waals surface area contributed by atoms with Crippen LogP contribution in [-0.2, 0) is 0 Å². The molecule has 5 heteroatoms. The minimum Gasteiger partial charge on any atom is -0.350 e. The molecule has 2 heterocycles. The van der Waals surface area contributed by atoms with Gasteiger partial charge in [-0.15, -0.1) is 0 Å². The van der Waals surface area contributed by atoms with E-state index in [-0.39, 0.29) is 0 Å². The molecule has 2 aliphatic rings. The lowest BCUT2D eigenvalue weighted by Crippen LogP contribution is -2.78. The molecule has 0 amide bonds. The third-order valence-electron chi connectivity index (χ3n) is 4.39. The first-order valence-corrected chi connectivity index (χ1v) is 10.0. The van der Waals surface area contributed by atoms with E-state index >= 15 is 0 Å². The van der Waals surface area contributed by atoms with Crippen molar-refractivity contribution in [2.45, 2.75) is 79.6 Å². The molecule has 0 aromatic rings. The number of nitrogens with zero attached hydrogens (tertiary/aromatic N) is 4. The smallest absolute Gasteiger partial charge is 0.350 e. The topological polar surface area (TPSA) is 13.0 Å². The van der Waals surface area contributed by atoms with E-state index in [1.54, 1.807) is 0 Å². The van der Waals surface area contributed by atoms with Crippen molar-refractivity contribution in [3.05, 3.63) is 24.8 Å². The summed E-state index contributed by atoms with van der Waals surface area (Å²) in [6.07, 6.45) is 9.26. The molecular formula is C16H32N4Si. The predicted molar refractivity (Wildman–Crippen MR) is 91.9 cm³/mol. The molecule has 0 fully saturated rings. The highest BCUT2D eigenvalue weighted by atomic mass is 28.4. The van der Waals surface area contributed by atoms with Gasteiger partial charge in [0.05, 0.1) is 0 Å². The standard InChI is InChI=1S/C16H32N4Si/c1-13(2)17-9-10-18(14(3)4)21(17)19(15(5)6)11-12-20(21)16(7)8/h9-16H,1-8H3. The average molecular weight is 309 g/mol. The summed E-state index contributed by atoms with van der Waals surface area (Å²) in [6, 6.07) is 2.00. The van der Waals surface area contributed by atoms with Crippen LogP contribution in [0.15, 0.2) is 24.8 Å². The van der Waals surface area contributed by atoms with Gasteiger partial charge in [0, 0.05) is 49.0 Å². The van der Waals surface area contributed by atoms with Crippen molar-refractivity contribution in [3.8, 4) is 0 Å². The van der Waals surface area contributed by atoms with E-state index in [4.69, 9.17) is 0 Å². The van der Waals surface area contributed by atoms with Gasteiger partial charge in [0.25, 0.3) is 0 Å². The van der Waals surface area contributed by atoms with Crippen LogP contribution in [0.2, 0.25) is 0 Å². The van der Waals surface area contributed by atoms with Crippen LogP contribution >= 0.6 is 0 Å². The molecule has 2 aliphatic heterocycles. The van der Waals surface area contributed by atoms with Crippen LogP contribution in [0.25, 0.3) is 0 Å². The molecule has 0 saturated heterocycles. The van der Waals surface area contributed by atoms with Crippen molar-refractivity contribution < 1.29 is 0 Å². The number of rotatable bonds is 4. The zero-order chi connectivity index (χ0) is 15.9. The third kappa shape index (κ3) is 2.26. The van der Waals surface area contributed by atoms with Crippen LogP contribution in [0, 0.1) is 0 Å². The summed E-state index contributed by atoms with van der Waals surface area (Å²) in [5, 5.41) is 0. The Morgan fingerprint density at radius 2 is 0.667 bits per heavy atom. The summed E-state index contributed by atoms with van der Waals surface area (Å²) in [7, 11) is -2.13. The Labute approximate surface area is 132 Å². The maximum Gasteiger partial charge on any atom is 0.502 e. The highest BCUT2D eigenvalue weighted by Gasteiger charge is 2.62. The van der Waals surface area contributed by atoms with Gasteiger partial charge in [-0.1, -0.05) is 0 Å². The molecule has 4 nitrogen and oxygen atoms in total. The molecular weight excluding hydrogens is 276 g/mol. The van der Waals surface area contributed by atoms with E-state index < -0.39 is 8.72 Å². The van der Waals surface area contributed by atoms with Crippen molar-refractivity contribution in [3.63, 3.8) is 0 Å². The van der Waals surface area contributed by atoms with Crippen LogP contribution in [-0.4, -0.2) is 51.1 Å². The van der Waals surface area contributed by atoms with Crippen LogP contribution < -0.4 is 0 Å². The summed E-state index contributed by atoms with van der Waals surface area (Å²) in [5.74, 6) is 0. The van der Waals surface area contributed by atoms with Crippen LogP contribution in [0.1, 0.15) is 55.4 Å². The second-order valence-corrected chi connectivity index (χ2v) is 10.5. The van der Waals surface area contributed by atoms with Gasteiger partial charge < -0.3 is 18.3 Å². The molecule has 0 aliphatic carbocycles. The minimum atomic E-state index is -2.13. The van der Waals surface area contributed by atoms with Crippen molar-refractivity contribution in [1.29, 1.82) is 0 Å². The summed E-state index contributed by atoms with van der Waals surface area (Å²) in [5.41, 5.74) is 0. The zero-order valence-corrected chi connectivity index (χ0v) is 15.9. The van der Waals surface area contributed by atoms with Crippen molar-refractivity contribution >= 4 is 8.72 Å². The first kappa shape index (κ1) is 16.3. The van der Waals surface area contributed by atoms with Gasteiger partial charge in [-0.3, -0.25) is 0 Å². The van der Waals surface area contributed by atoms with Gasteiger partial charge in [-0.2, -0.15) is 0 Å². The molecule has 2 rings (SSSR count). The molecule has 0 atom stereocenters. The van der Waals surface area contributed by atoms with Gasteiger partial charge >= 0.3 is 8.72 Å². The lowest BCUT2D eigenvalue weighted by Gasteiger charge is -2.54. The average Bonchev–Trinajstić information content (AvgIpc) is 2.92. The lowest BCUT2D eigenvalue weighted by atomic mass is 10.4. The van der Waals surface area contributed by atoms with Gasteiger partial charge in [-0.05, 0) is 55.4 Å². The molecule has 21 heavy (non-hydrogen) atoms. The quantitative estimate of drug-likeness (QED) is 0.739. The fraction of sp³-hybridized carbons (Fsp3) is 0.750. The van der Waals surface area contributed by atoms with E-state index in [1.807, 2.05) is 0 Å². The van der Waals surface area contributed by atoms with E-state index in [0.29, 0.717) is 24.2 Å². The molecule has 0 N–H and O–H groups in total. The van der Waals surface area contributed by atoms with Crippen molar-refractivity contribution in [2.24, 2.45) is 0 Å². The minimum absolute atomic E-state index is 0.499. The largest absolute Gasteiger partial charge is 0.502 e. The highest BCUT2D eigenvalue weighted by molar-refractivity contribution is 6.71. The van der Waals surface area contributed by atoms with E-state index in [9.17, 15) is 0 Å². The van der Waals surface area contributed by atoms with Gasteiger partial charge in [-0.25, -0.2) is 0 Å². The second kappa shape index (κ2) is 5.59. The van der Waals surface area contributed by atoms with Crippen LogP contribution in [0.3, 0.4) is 0 Å². The normalized spacial score (nSPS) is 20.8. The first-order chi connectivity index (χ1) is 9.74. The Morgan fingerprint density at radius 1 is 0.476 bits per heavy atom. The third-order valence-corrected chi connectivity index (χ3v) is 9.82. The SMILES string of the molecule is CC(C)N1C=CN(C(C)C)[Si]12N(C(C)C)C=CN2C(C)C. The second-order valence-electron chi connectivity index (χ2n) is 7.20. The summed E-state index contributed by atoms with van der Waals surface area (Å²) in [6.45, 7) is 18.4. The molecule has 0 unspecified atom stereocenters. The Hall–Kier alpha value is -1.10. The monoisotopic (exact) mass is 308 g/mol. The molecule has 0 aromatic heterocycles. The summed E-state index contributed by atoms with van der Waals surface area (Å²) >= 11 is 0. The lowest BCUT2D eigenvalue weighted by molar-refractivity contribution is 0.242. The number of hydrogen-bond donors (Lipinski definition) is 0. The summed E-state index contributed by atoms with van der Waals surface area (Å²) < 4.78 is 10.5. The molecule has 0 aromatic carbocycles. The molecule has 1 spiro atoms. The van der Waals surface area contributed by atoms with E-state index in [1.165, 1.54) is 0 Å². The molecule has 0 saturated carbocycles. The first-order valence-electron chi connectivity index (χ1n) is 8.25. The Bertz CT molecular complexity index is 348. The molecule has 0 bridgehead atoms. The summed E-state index contributed by atoms with van der Waals surface area (Å²) in [4.78, 5) is 0. The number of hydrogen-bond acceptors (Lipinski definition) is 4.